The summed E-state index contributed by atoms with van der Waals surface area (Å²) in [5.74, 6) is -0.348. The number of piperazine rings is 1. The van der Waals surface area contributed by atoms with E-state index in [0.717, 1.165) is 0 Å². The van der Waals surface area contributed by atoms with Gasteiger partial charge in [0, 0.05) is 26.2 Å². The zero-order valence-electron chi connectivity index (χ0n) is 12.4. The van der Waals surface area contributed by atoms with E-state index < -0.39 is 6.43 Å². The molecule has 1 aromatic rings. The smallest absolute Gasteiger partial charge is 0.317 e. The Labute approximate surface area is 127 Å². The Hall–Kier alpha value is -1.76. The van der Waals surface area contributed by atoms with Crippen molar-refractivity contribution in [2.45, 2.75) is 19.4 Å². The first kappa shape index (κ1) is 16.6. The second-order valence-electron chi connectivity index (χ2n) is 5.40. The van der Waals surface area contributed by atoms with E-state index in [1.54, 1.807) is 28.9 Å². The number of carbonyl (C=O) groups is 1. The Morgan fingerprint density at radius 1 is 1.27 bits per heavy atom. The van der Waals surface area contributed by atoms with Crippen LogP contribution < -0.4 is 5.32 Å². The molecule has 0 spiro atoms. The number of nitrogens with zero attached hydrogens (tertiary/aromatic N) is 2. The molecule has 0 aliphatic carbocycles. The average Bonchev–Trinajstić information content (AvgIpc) is 2.47. The lowest BCUT2D eigenvalue weighted by Gasteiger charge is -2.35. The quantitative estimate of drug-likeness (QED) is 0.926. The van der Waals surface area contributed by atoms with Crippen molar-refractivity contribution in [2.24, 2.45) is 0 Å². The fraction of sp³-hybridized carbons (Fsp3) is 0.533. The van der Waals surface area contributed by atoms with Crippen LogP contribution in [-0.2, 0) is 0 Å². The highest BCUT2D eigenvalue weighted by molar-refractivity contribution is 5.74. The standard InChI is InChI=1S/C15H20F3N3O/c1-11(12-3-2-4-13(16)9-12)19-15(22)21-7-5-20(6-8-21)10-14(17)18/h2-4,9,11,14H,5-8,10H2,1H3,(H,19,22). The maximum atomic E-state index is 13.2. The summed E-state index contributed by atoms with van der Waals surface area (Å²) in [6.45, 7) is 3.22. The molecule has 1 saturated heterocycles. The molecule has 1 aromatic carbocycles. The lowest BCUT2D eigenvalue weighted by atomic mass is 10.1. The number of amides is 2. The third-order valence-corrected chi connectivity index (χ3v) is 3.74. The van der Waals surface area contributed by atoms with E-state index in [1.165, 1.54) is 12.1 Å². The molecular weight excluding hydrogens is 295 g/mol. The van der Waals surface area contributed by atoms with E-state index in [1.807, 2.05) is 0 Å². The molecule has 1 aliphatic heterocycles. The summed E-state index contributed by atoms with van der Waals surface area (Å²) in [6, 6.07) is 5.49. The van der Waals surface area contributed by atoms with Gasteiger partial charge in [0.2, 0.25) is 0 Å². The molecule has 122 valence electrons. The number of hydrogen-bond acceptors (Lipinski definition) is 2. The number of alkyl halides is 2. The van der Waals surface area contributed by atoms with Crippen LogP contribution in [0.3, 0.4) is 0 Å². The van der Waals surface area contributed by atoms with Crippen LogP contribution in [0.1, 0.15) is 18.5 Å². The largest absolute Gasteiger partial charge is 0.331 e. The summed E-state index contributed by atoms with van der Waals surface area (Å²) in [6.07, 6.45) is -2.35. The van der Waals surface area contributed by atoms with Crippen molar-refractivity contribution in [1.82, 2.24) is 15.1 Å². The van der Waals surface area contributed by atoms with E-state index in [4.69, 9.17) is 0 Å². The number of halogens is 3. The van der Waals surface area contributed by atoms with Crippen LogP contribution in [0.2, 0.25) is 0 Å². The Morgan fingerprint density at radius 2 is 1.95 bits per heavy atom. The summed E-state index contributed by atoms with van der Waals surface area (Å²) < 4.78 is 37.8. The molecular formula is C15H20F3N3O. The normalized spacial score (nSPS) is 17.6. The molecule has 1 fully saturated rings. The third kappa shape index (κ3) is 4.62. The minimum absolute atomic E-state index is 0.255. The summed E-state index contributed by atoms with van der Waals surface area (Å²) >= 11 is 0. The van der Waals surface area contributed by atoms with Crippen molar-refractivity contribution < 1.29 is 18.0 Å². The molecule has 22 heavy (non-hydrogen) atoms. The highest BCUT2D eigenvalue weighted by Gasteiger charge is 2.23. The molecule has 1 heterocycles. The monoisotopic (exact) mass is 315 g/mol. The van der Waals surface area contributed by atoms with E-state index in [2.05, 4.69) is 5.32 Å². The molecule has 1 atom stereocenters. The maximum absolute atomic E-state index is 13.2. The molecule has 0 saturated carbocycles. The van der Waals surface area contributed by atoms with Gasteiger partial charge in [-0.15, -0.1) is 0 Å². The van der Waals surface area contributed by atoms with Gasteiger partial charge in [0.25, 0.3) is 6.43 Å². The first-order valence-electron chi connectivity index (χ1n) is 7.27. The van der Waals surface area contributed by atoms with Gasteiger partial charge < -0.3 is 10.2 Å². The molecule has 1 N–H and O–H groups in total. The molecule has 0 bridgehead atoms. The molecule has 0 aromatic heterocycles. The van der Waals surface area contributed by atoms with Crippen LogP contribution >= 0.6 is 0 Å². The van der Waals surface area contributed by atoms with Gasteiger partial charge >= 0.3 is 6.03 Å². The van der Waals surface area contributed by atoms with E-state index in [0.29, 0.717) is 31.7 Å². The number of benzene rings is 1. The summed E-state index contributed by atoms with van der Waals surface area (Å²) in [4.78, 5) is 15.4. The second-order valence-corrected chi connectivity index (χ2v) is 5.40. The number of carbonyl (C=O) groups excluding carboxylic acids is 1. The second kappa shape index (κ2) is 7.49. The topological polar surface area (TPSA) is 35.6 Å². The molecule has 1 aliphatic rings. The van der Waals surface area contributed by atoms with Crippen molar-refractivity contribution in [3.63, 3.8) is 0 Å². The maximum Gasteiger partial charge on any atom is 0.317 e. The van der Waals surface area contributed by atoms with E-state index in [-0.39, 0.29) is 24.4 Å². The van der Waals surface area contributed by atoms with Gasteiger partial charge in [-0.3, -0.25) is 4.90 Å². The Bertz CT molecular complexity index is 505. The van der Waals surface area contributed by atoms with Crippen LogP contribution in [0, 0.1) is 5.82 Å². The summed E-state index contributed by atoms with van der Waals surface area (Å²) in [7, 11) is 0. The number of urea groups is 1. The van der Waals surface area contributed by atoms with Gasteiger partial charge in [0.15, 0.2) is 0 Å². The molecule has 7 heteroatoms. The Kier molecular flexibility index (Phi) is 5.65. The predicted molar refractivity (Wildman–Crippen MR) is 77.4 cm³/mol. The fourth-order valence-electron chi connectivity index (χ4n) is 2.46. The van der Waals surface area contributed by atoms with Crippen molar-refractivity contribution in [1.29, 1.82) is 0 Å². The van der Waals surface area contributed by atoms with Gasteiger partial charge in [-0.05, 0) is 24.6 Å². The van der Waals surface area contributed by atoms with Crippen molar-refractivity contribution in [3.8, 4) is 0 Å². The minimum atomic E-state index is -2.35. The van der Waals surface area contributed by atoms with Crippen molar-refractivity contribution >= 4 is 6.03 Å². The molecule has 1 unspecified atom stereocenters. The number of hydrogen-bond donors (Lipinski definition) is 1. The van der Waals surface area contributed by atoms with Gasteiger partial charge in [-0.1, -0.05) is 12.1 Å². The molecule has 2 amide bonds. The molecule has 0 radical (unpaired) electrons. The average molecular weight is 315 g/mol. The Balaban J connectivity index is 1.83. The van der Waals surface area contributed by atoms with Crippen LogP contribution in [-0.4, -0.2) is 55.0 Å². The van der Waals surface area contributed by atoms with E-state index >= 15 is 0 Å². The molecule has 4 nitrogen and oxygen atoms in total. The number of rotatable bonds is 4. The lowest BCUT2D eigenvalue weighted by Crippen LogP contribution is -2.52. The Morgan fingerprint density at radius 3 is 2.55 bits per heavy atom. The van der Waals surface area contributed by atoms with Gasteiger partial charge in [-0.2, -0.15) is 0 Å². The van der Waals surface area contributed by atoms with Crippen LogP contribution in [0.25, 0.3) is 0 Å². The van der Waals surface area contributed by atoms with Crippen molar-refractivity contribution in [3.05, 3.63) is 35.6 Å². The summed E-state index contributed by atoms with van der Waals surface area (Å²) in [5, 5.41) is 2.80. The zero-order valence-corrected chi connectivity index (χ0v) is 12.4. The predicted octanol–water partition coefficient (Wildman–Crippen LogP) is 2.48. The number of nitrogens with one attached hydrogen (secondary N) is 1. The summed E-state index contributed by atoms with van der Waals surface area (Å²) in [5.41, 5.74) is 0.685. The van der Waals surface area contributed by atoms with E-state index in [9.17, 15) is 18.0 Å². The van der Waals surface area contributed by atoms with Gasteiger partial charge in [0.05, 0.1) is 12.6 Å². The third-order valence-electron chi connectivity index (χ3n) is 3.74. The highest BCUT2D eigenvalue weighted by atomic mass is 19.3. The van der Waals surface area contributed by atoms with Crippen LogP contribution in [0.15, 0.2) is 24.3 Å². The van der Waals surface area contributed by atoms with Crippen molar-refractivity contribution in [2.75, 3.05) is 32.7 Å². The first-order chi connectivity index (χ1) is 10.5. The minimum Gasteiger partial charge on any atom is -0.331 e. The highest BCUT2D eigenvalue weighted by Crippen LogP contribution is 2.14. The molecule has 2 rings (SSSR count). The first-order valence-corrected chi connectivity index (χ1v) is 7.27. The fourth-order valence-corrected chi connectivity index (χ4v) is 2.46. The zero-order chi connectivity index (χ0) is 16.1. The van der Waals surface area contributed by atoms with Crippen LogP contribution in [0.5, 0.6) is 0 Å². The van der Waals surface area contributed by atoms with Crippen LogP contribution in [0.4, 0.5) is 18.0 Å². The van der Waals surface area contributed by atoms with Gasteiger partial charge in [0.1, 0.15) is 5.82 Å². The lowest BCUT2D eigenvalue weighted by molar-refractivity contribution is 0.0633. The SMILES string of the molecule is CC(NC(=O)N1CCN(CC(F)F)CC1)c1cccc(F)c1. The van der Waals surface area contributed by atoms with Gasteiger partial charge in [-0.25, -0.2) is 18.0 Å².